The number of hydrogen-bond acceptors (Lipinski definition) is 4. The largest absolute Gasteiger partial charge is 0.365 e. The van der Waals surface area contributed by atoms with Crippen molar-refractivity contribution in [2.75, 3.05) is 25.0 Å². The average molecular weight is 332 g/mol. The molecule has 4 heteroatoms. The van der Waals surface area contributed by atoms with E-state index < -0.39 is 0 Å². The highest BCUT2D eigenvalue weighted by molar-refractivity contribution is 5.61. The first kappa shape index (κ1) is 15.0. The number of nitrogens with zero attached hydrogens (tertiary/aromatic N) is 2. The van der Waals surface area contributed by atoms with Gasteiger partial charge in [0.25, 0.3) is 0 Å². The zero-order valence-corrected chi connectivity index (χ0v) is 14.4. The Bertz CT molecular complexity index is 793. The molecule has 1 aromatic heterocycles. The minimum atomic E-state index is 0.246. The summed E-state index contributed by atoms with van der Waals surface area (Å²) in [5.74, 6) is 2.82. The summed E-state index contributed by atoms with van der Waals surface area (Å²) in [5, 5.41) is 7.32. The van der Waals surface area contributed by atoms with Gasteiger partial charge >= 0.3 is 0 Å². The number of aromatic nitrogens is 1. The summed E-state index contributed by atoms with van der Waals surface area (Å²) in [4.78, 5) is 7.39. The highest BCUT2D eigenvalue weighted by atomic mass is 15.3. The van der Waals surface area contributed by atoms with Crippen molar-refractivity contribution >= 4 is 5.82 Å². The van der Waals surface area contributed by atoms with Gasteiger partial charge in [-0.2, -0.15) is 0 Å². The Labute approximate surface area is 149 Å². The summed E-state index contributed by atoms with van der Waals surface area (Å²) in [6.45, 7) is 3.73. The molecule has 2 bridgehead atoms. The second-order valence-corrected chi connectivity index (χ2v) is 7.55. The van der Waals surface area contributed by atoms with E-state index in [0.717, 1.165) is 35.2 Å². The molecule has 5 heterocycles. The fourth-order valence-electron chi connectivity index (χ4n) is 4.69. The Morgan fingerprint density at radius 2 is 1.88 bits per heavy atom. The summed E-state index contributed by atoms with van der Waals surface area (Å²) < 4.78 is 0. The van der Waals surface area contributed by atoms with E-state index in [4.69, 9.17) is 4.98 Å². The van der Waals surface area contributed by atoms with Gasteiger partial charge in [-0.05, 0) is 56.5 Å². The molecule has 6 rings (SSSR count). The van der Waals surface area contributed by atoms with Crippen molar-refractivity contribution in [1.82, 2.24) is 15.2 Å². The van der Waals surface area contributed by atoms with Crippen LogP contribution in [0.25, 0.3) is 11.3 Å². The van der Waals surface area contributed by atoms with E-state index in [9.17, 15) is 0 Å². The van der Waals surface area contributed by atoms with E-state index in [1.54, 1.807) is 0 Å². The molecule has 2 aromatic rings. The van der Waals surface area contributed by atoms with Crippen molar-refractivity contribution in [3.8, 4) is 11.3 Å². The topological polar surface area (TPSA) is 40.2 Å². The molecule has 1 spiro atoms. The molecule has 4 aliphatic rings. The Kier molecular flexibility index (Phi) is 3.52. The minimum absolute atomic E-state index is 0.246. The van der Waals surface area contributed by atoms with Crippen LogP contribution in [0.15, 0.2) is 60.4 Å². The van der Waals surface area contributed by atoms with Crippen LogP contribution in [0.2, 0.25) is 0 Å². The minimum Gasteiger partial charge on any atom is -0.365 e. The molecule has 1 aromatic carbocycles. The van der Waals surface area contributed by atoms with E-state index in [2.05, 4.69) is 58.0 Å². The average Bonchev–Trinajstić information content (AvgIpc) is 3.05. The molecule has 1 atom stereocenters. The van der Waals surface area contributed by atoms with Crippen LogP contribution >= 0.6 is 0 Å². The summed E-state index contributed by atoms with van der Waals surface area (Å²) in [6.07, 6.45) is 6.10. The fourth-order valence-corrected chi connectivity index (χ4v) is 4.69. The predicted octanol–water partition coefficient (Wildman–Crippen LogP) is 3.46. The number of pyridine rings is 1. The van der Waals surface area contributed by atoms with Crippen LogP contribution in [0, 0.1) is 5.92 Å². The molecular weight excluding hydrogens is 308 g/mol. The lowest BCUT2D eigenvalue weighted by atomic mass is 9.72. The maximum atomic E-state index is 4.79. The number of hydrogen-bond donors (Lipinski definition) is 2. The maximum Gasteiger partial charge on any atom is 0.132 e. The van der Waals surface area contributed by atoms with Crippen molar-refractivity contribution in [2.45, 2.75) is 24.8 Å². The monoisotopic (exact) mass is 332 g/mol. The van der Waals surface area contributed by atoms with Crippen molar-refractivity contribution in [3.05, 3.63) is 60.4 Å². The summed E-state index contributed by atoms with van der Waals surface area (Å²) in [6, 6.07) is 16.5. The Morgan fingerprint density at radius 1 is 1.04 bits per heavy atom. The van der Waals surface area contributed by atoms with Crippen molar-refractivity contribution < 1.29 is 0 Å². The van der Waals surface area contributed by atoms with Crippen LogP contribution in [-0.2, 0) is 0 Å². The SMILES string of the molecule is C1=C(Nc2cccc(-c3ccccc3)n2)N[C@@]2(C1)CN1CCC2CC1. The third-order valence-corrected chi connectivity index (χ3v) is 6.01. The smallest absolute Gasteiger partial charge is 0.132 e. The number of nitrogens with one attached hydrogen (secondary N) is 2. The summed E-state index contributed by atoms with van der Waals surface area (Å²) >= 11 is 0. The molecule has 3 saturated heterocycles. The van der Waals surface area contributed by atoms with Crippen LogP contribution in [0.1, 0.15) is 19.3 Å². The molecule has 0 saturated carbocycles. The zero-order chi connectivity index (χ0) is 16.7. The second kappa shape index (κ2) is 5.88. The van der Waals surface area contributed by atoms with E-state index >= 15 is 0 Å². The molecule has 25 heavy (non-hydrogen) atoms. The van der Waals surface area contributed by atoms with E-state index in [0.29, 0.717) is 0 Å². The maximum absolute atomic E-state index is 4.79. The fraction of sp³-hybridized carbons (Fsp3) is 0.381. The van der Waals surface area contributed by atoms with Crippen LogP contribution < -0.4 is 10.6 Å². The van der Waals surface area contributed by atoms with Crippen LogP contribution in [-0.4, -0.2) is 35.1 Å². The standard InChI is InChI=1S/C21H24N4/c1-2-5-16(6-3-1)18-7-4-8-19(22-18)23-20-9-12-21(24-20)15-25-13-10-17(21)11-14-25/h1-9,17,24H,10-15H2,(H,22,23)/t21-/m0/s1. The van der Waals surface area contributed by atoms with E-state index in [-0.39, 0.29) is 5.54 Å². The van der Waals surface area contributed by atoms with Gasteiger partial charge in [-0.1, -0.05) is 36.4 Å². The second-order valence-electron chi connectivity index (χ2n) is 7.55. The van der Waals surface area contributed by atoms with Gasteiger partial charge in [0.1, 0.15) is 11.6 Å². The molecule has 4 aliphatic heterocycles. The normalized spacial score (nSPS) is 30.2. The Balaban J connectivity index is 1.32. The molecule has 0 unspecified atom stereocenters. The molecule has 4 nitrogen and oxygen atoms in total. The molecule has 2 N–H and O–H groups in total. The van der Waals surface area contributed by atoms with Gasteiger partial charge in [-0.25, -0.2) is 4.98 Å². The first-order valence-electron chi connectivity index (χ1n) is 9.31. The van der Waals surface area contributed by atoms with Crippen molar-refractivity contribution in [2.24, 2.45) is 5.92 Å². The zero-order valence-electron chi connectivity index (χ0n) is 14.4. The molecular formula is C21H24N4. The van der Waals surface area contributed by atoms with Crippen molar-refractivity contribution in [1.29, 1.82) is 0 Å². The molecule has 0 radical (unpaired) electrons. The number of fused-ring (bicyclic) bond motifs is 2. The predicted molar refractivity (Wildman–Crippen MR) is 101 cm³/mol. The van der Waals surface area contributed by atoms with Crippen LogP contribution in [0.5, 0.6) is 0 Å². The van der Waals surface area contributed by atoms with Gasteiger partial charge in [-0.15, -0.1) is 0 Å². The lowest BCUT2D eigenvalue weighted by Gasteiger charge is -2.52. The van der Waals surface area contributed by atoms with Crippen LogP contribution in [0.4, 0.5) is 5.82 Å². The summed E-state index contributed by atoms with van der Waals surface area (Å²) in [7, 11) is 0. The van der Waals surface area contributed by atoms with E-state index in [1.807, 2.05) is 12.1 Å². The lowest BCUT2D eigenvalue weighted by molar-refractivity contribution is 0.0189. The molecule has 3 fully saturated rings. The quantitative estimate of drug-likeness (QED) is 0.903. The van der Waals surface area contributed by atoms with Gasteiger partial charge in [0, 0.05) is 12.1 Å². The Morgan fingerprint density at radius 3 is 2.64 bits per heavy atom. The highest BCUT2D eigenvalue weighted by Gasteiger charge is 2.48. The van der Waals surface area contributed by atoms with E-state index in [1.165, 1.54) is 32.5 Å². The van der Waals surface area contributed by atoms with Crippen molar-refractivity contribution in [3.63, 3.8) is 0 Å². The number of benzene rings is 1. The lowest BCUT2D eigenvalue weighted by Crippen LogP contribution is -2.64. The van der Waals surface area contributed by atoms with Gasteiger partial charge in [0.2, 0.25) is 0 Å². The highest BCUT2D eigenvalue weighted by Crippen LogP contribution is 2.41. The van der Waals surface area contributed by atoms with Crippen LogP contribution in [0.3, 0.4) is 0 Å². The molecule has 0 amide bonds. The first-order valence-corrected chi connectivity index (χ1v) is 9.31. The van der Waals surface area contributed by atoms with Gasteiger partial charge in [-0.3, -0.25) is 0 Å². The summed E-state index contributed by atoms with van der Waals surface area (Å²) in [5.41, 5.74) is 2.39. The number of piperidine rings is 3. The first-order chi connectivity index (χ1) is 12.3. The third kappa shape index (κ3) is 2.71. The molecule has 128 valence electrons. The molecule has 0 aliphatic carbocycles. The number of rotatable bonds is 3. The van der Waals surface area contributed by atoms with Gasteiger partial charge < -0.3 is 15.5 Å². The van der Waals surface area contributed by atoms with Gasteiger partial charge in [0.05, 0.1) is 11.2 Å². The Hall–Kier alpha value is -2.33. The van der Waals surface area contributed by atoms with Gasteiger partial charge in [0.15, 0.2) is 0 Å². The third-order valence-electron chi connectivity index (χ3n) is 6.01. The number of anilines is 1.